The summed E-state index contributed by atoms with van der Waals surface area (Å²) < 4.78 is 2.49. The number of pyridine rings is 2. The minimum Gasteiger partial charge on any atom is -0.314 e. The molecule has 3 aliphatic rings. The highest BCUT2D eigenvalue weighted by molar-refractivity contribution is 6.15. The van der Waals surface area contributed by atoms with E-state index in [1.807, 2.05) is 18.5 Å². The van der Waals surface area contributed by atoms with E-state index in [0.717, 1.165) is 41.1 Å². The van der Waals surface area contributed by atoms with Crippen LogP contribution < -0.4 is 5.32 Å². The predicted octanol–water partition coefficient (Wildman–Crippen LogP) is 12.2. The number of para-hydroxylation sites is 1. The maximum absolute atomic E-state index is 4.78. The molecule has 0 saturated heterocycles. The van der Waals surface area contributed by atoms with E-state index in [9.17, 15) is 0 Å². The van der Waals surface area contributed by atoms with Crippen LogP contribution in [0.3, 0.4) is 0 Å². The Bertz CT molecular complexity index is 3160. The molecule has 2 atom stereocenters. The van der Waals surface area contributed by atoms with E-state index in [1.165, 1.54) is 82.8 Å². The summed E-state index contributed by atoms with van der Waals surface area (Å²) in [6.45, 7) is 0. The van der Waals surface area contributed by atoms with Gasteiger partial charge in [0, 0.05) is 39.9 Å². The smallest absolute Gasteiger partial charge is 0.0970 e. The molecule has 1 aliphatic heterocycles. The van der Waals surface area contributed by atoms with E-state index in [1.54, 1.807) is 0 Å². The van der Waals surface area contributed by atoms with Crippen molar-refractivity contribution in [3.05, 3.63) is 180 Å². The molecule has 0 radical (unpaired) electrons. The first kappa shape index (κ1) is 30.8. The van der Waals surface area contributed by atoms with Crippen LogP contribution in [0.25, 0.3) is 88.3 Å². The quantitative estimate of drug-likeness (QED) is 0.186. The van der Waals surface area contributed by atoms with E-state index in [0.29, 0.717) is 0 Å². The van der Waals surface area contributed by atoms with Gasteiger partial charge in [0.05, 0.1) is 28.6 Å². The lowest BCUT2D eigenvalue weighted by atomic mass is 9.84. The zero-order chi connectivity index (χ0) is 36.0. The Morgan fingerprint density at radius 3 is 2.36 bits per heavy atom. The topological polar surface area (TPSA) is 42.7 Å². The van der Waals surface area contributed by atoms with Gasteiger partial charge in [-0.15, -0.1) is 0 Å². The lowest BCUT2D eigenvalue weighted by Gasteiger charge is -2.36. The Morgan fingerprint density at radius 1 is 0.618 bits per heavy atom. The second kappa shape index (κ2) is 11.9. The van der Waals surface area contributed by atoms with Crippen molar-refractivity contribution in [2.24, 2.45) is 0 Å². The average Bonchev–Trinajstić information content (AvgIpc) is 3.66. The Kier molecular flexibility index (Phi) is 6.69. The maximum Gasteiger partial charge on any atom is 0.0970 e. The van der Waals surface area contributed by atoms with Crippen LogP contribution in [-0.4, -0.2) is 20.6 Å². The van der Waals surface area contributed by atoms with Gasteiger partial charge in [-0.3, -0.25) is 15.3 Å². The van der Waals surface area contributed by atoms with Gasteiger partial charge in [0.15, 0.2) is 0 Å². The van der Waals surface area contributed by atoms with Gasteiger partial charge in [-0.25, -0.2) is 0 Å². The predicted molar refractivity (Wildman–Crippen MR) is 229 cm³/mol. The van der Waals surface area contributed by atoms with Gasteiger partial charge in [-0.1, -0.05) is 109 Å². The fourth-order valence-electron chi connectivity index (χ4n) is 9.68. The Balaban J connectivity index is 0.946. The first-order valence-electron chi connectivity index (χ1n) is 19.4. The zero-order valence-electron chi connectivity index (χ0n) is 30.2. The number of aryl methyl sites for hydroxylation is 1. The standard InChI is InChI=1S/C51H36N4/c1-5-13-46-36(8-1)30-48-49(54-45-12-4-6-14-47(45)55(46)48)33-17-15-31(16-18-33)34-20-22-40-41-23-21-35(29-44(41)39-11-3-2-10-38(39)43(40)28-34)37-25-27-53-51-42(37)24-19-32-9-7-26-52-50(32)51/h1-2,4-10,13-30,45,49,54H,3,11-12H2. The fraction of sp³-hybridized carbons (Fsp3) is 0.0980. The van der Waals surface area contributed by atoms with Crippen LogP contribution >= 0.6 is 0 Å². The third-order valence-corrected chi connectivity index (χ3v) is 12.3. The summed E-state index contributed by atoms with van der Waals surface area (Å²) in [5, 5.41) is 12.8. The molecule has 6 aromatic carbocycles. The fourth-order valence-corrected chi connectivity index (χ4v) is 9.68. The van der Waals surface area contributed by atoms with Gasteiger partial charge in [-0.05, 0) is 122 Å². The van der Waals surface area contributed by atoms with Crippen molar-refractivity contribution in [3.8, 4) is 22.3 Å². The number of nitrogens with one attached hydrogen (secondary N) is 1. The minimum absolute atomic E-state index is 0.112. The third-order valence-electron chi connectivity index (χ3n) is 12.3. The largest absolute Gasteiger partial charge is 0.314 e. The molecule has 0 fully saturated rings. The van der Waals surface area contributed by atoms with Crippen LogP contribution in [0.4, 0.5) is 0 Å². The molecule has 0 bridgehead atoms. The molecular weight excluding hydrogens is 669 g/mol. The zero-order valence-corrected chi connectivity index (χ0v) is 30.2. The van der Waals surface area contributed by atoms with E-state index in [-0.39, 0.29) is 12.1 Å². The van der Waals surface area contributed by atoms with Crippen molar-refractivity contribution in [2.45, 2.75) is 31.3 Å². The summed E-state index contributed by atoms with van der Waals surface area (Å²) in [7, 11) is 0. The van der Waals surface area contributed by atoms with Crippen LogP contribution in [0.2, 0.25) is 0 Å². The summed E-state index contributed by atoms with van der Waals surface area (Å²) in [5.41, 5.74) is 14.8. The second-order valence-electron chi connectivity index (χ2n) is 15.2. The molecule has 260 valence electrons. The number of aromatic nitrogens is 3. The van der Waals surface area contributed by atoms with Crippen molar-refractivity contribution < 1.29 is 0 Å². The average molecular weight is 705 g/mol. The van der Waals surface area contributed by atoms with Gasteiger partial charge in [0.1, 0.15) is 0 Å². The number of allylic oxidation sites excluding steroid dienone is 3. The summed E-state index contributed by atoms with van der Waals surface area (Å²) in [6, 6.07) is 45.5. The van der Waals surface area contributed by atoms with Crippen LogP contribution in [0.1, 0.15) is 41.3 Å². The number of hydrogen-bond donors (Lipinski definition) is 1. The Labute approximate surface area is 318 Å². The molecule has 4 heterocycles. The van der Waals surface area contributed by atoms with Gasteiger partial charge < -0.3 is 4.57 Å². The molecule has 3 aromatic heterocycles. The molecule has 0 spiro atoms. The normalized spacial score (nSPS) is 17.5. The molecule has 55 heavy (non-hydrogen) atoms. The summed E-state index contributed by atoms with van der Waals surface area (Å²) in [4.78, 5) is 9.47. The van der Waals surface area contributed by atoms with E-state index < -0.39 is 0 Å². The first-order valence-corrected chi connectivity index (χ1v) is 19.4. The van der Waals surface area contributed by atoms with Crippen molar-refractivity contribution in [1.82, 2.24) is 19.9 Å². The second-order valence-corrected chi connectivity index (χ2v) is 15.2. The molecular formula is C51H36N4. The van der Waals surface area contributed by atoms with Crippen LogP contribution in [0.5, 0.6) is 0 Å². The van der Waals surface area contributed by atoms with Gasteiger partial charge in [-0.2, -0.15) is 0 Å². The molecule has 9 aromatic rings. The number of benzene rings is 6. The van der Waals surface area contributed by atoms with Gasteiger partial charge >= 0.3 is 0 Å². The minimum atomic E-state index is 0.112. The first-order chi connectivity index (χ1) is 27.3. The van der Waals surface area contributed by atoms with Crippen molar-refractivity contribution in [3.63, 3.8) is 0 Å². The summed E-state index contributed by atoms with van der Waals surface area (Å²) in [6.07, 6.45) is 18.3. The van der Waals surface area contributed by atoms with Gasteiger partial charge in [0.25, 0.3) is 0 Å². The highest BCUT2D eigenvalue weighted by Crippen LogP contribution is 2.42. The lowest BCUT2D eigenvalue weighted by molar-refractivity contribution is 0.489. The number of nitrogens with zero attached hydrogens (tertiary/aromatic N) is 3. The highest BCUT2D eigenvalue weighted by atomic mass is 15.1. The van der Waals surface area contributed by atoms with Crippen molar-refractivity contribution in [2.75, 3.05) is 0 Å². The Morgan fingerprint density at radius 2 is 1.42 bits per heavy atom. The molecule has 0 saturated carbocycles. The van der Waals surface area contributed by atoms with Crippen LogP contribution in [0, 0.1) is 0 Å². The molecule has 4 heteroatoms. The molecule has 2 aliphatic carbocycles. The number of rotatable bonds is 3. The third kappa shape index (κ3) is 4.68. The molecule has 12 rings (SSSR count). The van der Waals surface area contributed by atoms with Crippen LogP contribution in [-0.2, 0) is 6.42 Å². The van der Waals surface area contributed by atoms with Crippen molar-refractivity contribution in [1.29, 1.82) is 0 Å². The molecule has 4 nitrogen and oxygen atoms in total. The van der Waals surface area contributed by atoms with E-state index in [4.69, 9.17) is 9.97 Å². The molecule has 2 unspecified atom stereocenters. The summed E-state index contributed by atoms with van der Waals surface area (Å²) in [5.74, 6) is 0. The maximum atomic E-state index is 4.78. The van der Waals surface area contributed by atoms with E-state index >= 15 is 0 Å². The SMILES string of the molecule is C1=CCC2NC(c3ccc(-c4ccc5c(c4)c4c(c6cc(-c7ccnc8c7ccc7cccnc78)ccc65)CCC=C4)cc3)c3cc4ccccc4n3C2=C1. The van der Waals surface area contributed by atoms with Gasteiger partial charge in [0.2, 0.25) is 0 Å². The van der Waals surface area contributed by atoms with Crippen molar-refractivity contribution >= 4 is 66.0 Å². The number of hydrogen-bond acceptors (Lipinski definition) is 3. The Hall–Kier alpha value is -6.62. The lowest BCUT2D eigenvalue weighted by Crippen LogP contribution is -2.42. The van der Waals surface area contributed by atoms with E-state index in [2.05, 4.69) is 156 Å². The molecule has 1 N–H and O–H groups in total. The molecule has 0 amide bonds. The highest BCUT2D eigenvalue weighted by Gasteiger charge is 2.32. The monoisotopic (exact) mass is 704 g/mol. The van der Waals surface area contributed by atoms with Crippen LogP contribution in [0.15, 0.2) is 158 Å². The summed E-state index contributed by atoms with van der Waals surface area (Å²) >= 11 is 0. The number of fused-ring (bicyclic) bond motifs is 14.